The fourth-order valence-corrected chi connectivity index (χ4v) is 8.34. The molecular weight excluding hydrogens is 677 g/mol. The van der Waals surface area contributed by atoms with Crippen LogP contribution in [0.4, 0.5) is 10.6 Å². The minimum Gasteiger partial charge on any atom is -0.444 e. The van der Waals surface area contributed by atoms with Crippen molar-refractivity contribution < 1.29 is 24.1 Å². The Labute approximate surface area is 307 Å². The van der Waals surface area contributed by atoms with Crippen LogP contribution in [0.5, 0.6) is 0 Å². The van der Waals surface area contributed by atoms with Crippen LogP contribution in [0.3, 0.4) is 0 Å². The van der Waals surface area contributed by atoms with E-state index in [9.17, 15) is 9.90 Å². The average Bonchev–Trinajstić information content (AvgIpc) is 3.55. The number of ether oxygens (including phenoxy) is 3. The Kier molecular flexibility index (Phi) is 11.8. The third-order valence-corrected chi connectivity index (χ3v) is 13.1. The van der Waals surface area contributed by atoms with Crippen molar-refractivity contribution in [3.8, 4) is 11.1 Å². The molecule has 0 aliphatic carbocycles. The number of carbonyl (C=O) groups is 1. The molecule has 2 aliphatic rings. The fourth-order valence-electron chi connectivity index (χ4n) is 6.83. The minimum atomic E-state index is -1.28. The van der Waals surface area contributed by atoms with E-state index in [1.165, 1.54) is 0 Å². The number of rotatable bonds is 14. The van der Waals surface area contributed by atoms with Crippen molar-refractivity contribution in [3.63, 3.8) is 0 Å². The van der Waals surface area contributed by atoms with Gasteiger partial charge in [-0.25, -0.2) is 9.78 Å². The lowest BCUT2D eigenvalue weighted by molar-refractivity contribution is 0.00568. The molecule has 13 heteroatoms. The molecule has 2 bridgehead atoms. The summed E-state index contributed by atoms with van der Waals surface area (Å²) >= 11 is 0. The summed E-state index contributed by atoms with van der Waals surface area (Å²) in [5.41, 5.74) is 2.47. The Morgan fingerprint density at radius 3 is 2.00 bits per heavy atom. The molecule has 1 amide bonds. The zero-order valence-corrected chi connectivity index (χ0v) is 35.0. The number of fused-ring (bicyclic) bond motifs is 3. The van der Waals surface area contributed by atoms with Gasteiger partial charge >= 0.3 is 6.09 Å². The van der Waals surface area contributed by atoms with Gasteiger partial charge in [-0.05, 0) is 78.5 Å². The molecule has 2 fully saturated rings. The maximum absolute atomic E-state index is 13.3. The highest BCUT2D eigenvalue weighted by atomic mass is 28.3. The second-order valence-corrected chi connectivity index (χ2v) is 29.7. The van der Waals surface area contributed by atoms with Crippen LogP contribution in [-0.2, 0) is 19.8 Å². The van der Waals surface area contributed by atoms with Gasteiger partial charge in [0.25, 0.3) is 0 Å². The van der Waals surface area contributed by atoms with Crippen molar-refractivity contribution in [1.29, 1.82) is 0 Å². The predicted molar refractivity (Wildman–Crippen MR) is 209 cm³/mol. The monoisotopic (exact) mass is 738 g/mol. The topological polar surface area (TPSA) is 115 Å². The lowest BCUT2D eigenvalue weighted by Gasteiger charge is -2.39. The highest BCUT2D eigenvalue weighted by Gasteiger charge is 2.45. The Morgan fingerprint density at radius 2 is 1.51 bits per heavy atom. The van der Waals surface area contributed by atoms with Crippen molar-refractivity contribution in [3.05, 3.63) is 42.0 Å². The summed E-state index contributed by atoms with van der Waals surface area (Å²) in [6.45, 7) is 25.5. The summed E-state index contributed by atoms with van der Waals surface area (Å²) in [7, 11) is -2.55. The molecule has 5 rings (SSSR count). The van der Waals surface area contributed by atoms with Gasteiger partial charge in [-0.15, -0.1) is 0 Å². The molecule has 2 aliphatic heterocycles. The van der Waals surface area contributed by atoms with Crippen molar-refractivity contribution >= 4 is 33.7 Å². The van der Waals surface area contributed by atoms with Crippen LogP contribution in [0.1, 0.15) is 77.6 Å². The molecule has 0 spiro atoms. The number of nitrogens with zero attached hydrogens (tertiary/aromatic N) is 6. The number of aromatic nitrogens is 4. The Bertz CT molecular complexity index is 1600. The van der Waals surface area contributed by atoms with E-state index in [0.717, 1.165) is 66.1 Å². The summed E-state index contributed by atoms with van der Waals surface area (Å²) in [6.07, 6.45) is 7.00. The normalized spacial score (nSPS) is 19.9. The molecule has 0 unspecified atom stereocenters. The molecule has 3 aromatic rings. The van der Waals surface area contributed by atoms with Gasteiger partial charge in [0.1, 0.15) is 30.5 Å². The highest BCUT2D eigenvalue weighted by Crippen LogP contribution is 2.44. The smallest absolute Gasteiger partial charge is 0.410 e. The Morgan fingerprint density at radius 1 is 0.922 bits per heavy atom. The summed E-state index contributed by atoms with van der Waals surface area (Å²) in [6, 6.07) is 8.37. The first-order valence-corrected chi connectivity index (χ1v) is 26.1. The van der Waals surface area contributed by atoms with Crippen LogP contribution >= 0.6 is 0 Å². The van der Waals surface area contributed by atoms with Gasteiger partial charge in [0.2, 0.25) is 0 Å². The van der Waals surface area contributed by atoms with Gasteiger partial charge in [0.05, 0.1) is 11.9 Å². The largest absolute Gasteiger partial charge is 0.444 e. The minimum absolute atomic E-state index is 0.110. The molecule has 282 valence electrons. The molecular formula is C38H62N6O5Si2. The average molecular weight is 739 g/mol. The van der Waals surface area contributed by atoms with E-state index < -0.39 is 27.3 Å². The van der Waals surface area contributed by atoms with Crippen LogP contribution in [0.15, 0.2) is 30.6 Å². The third kappa shape index (κ3) is 10.4. The molecule has 0 saturated carbocycles. The van der Waals surface area contributed by atoms with E-state index >= 15 is 0 Å². The van der Waals surface area contributed by atoms with E-state index in [1.54, 1.807) is 20.0 Å². The molecule has 3 atom stereocenters. The van der Waals surface area contributed by atoms with E-state index in [-0.39, 0.29) is 24.1 Å². The van der Waals surface area contributed by atoms with Crippen molar-refractivity contribution in [2.45, 2.75) is 141 Å². The van der Waals surface area contributed by atoms with Crippen molar-refractivity contribution in [1.82, 2.24) is 24.5 Å². The second-order valence-electron chi connectivity index (χ2n) is 18.5. The zero-order valence-electron chi connectivity index (χ0n) is 33.0. The van der Waals surface area contributed by atoms with Gasteiger partial charge < -0.3 is 29.1 Å². The van der Waals surface area contributed by atoms with Crippen LogP contribution < -0.4 is 4.90 Å². The van der Waals surface area contributed by atoms with Gasteiger partial charge in [-0.1, -0.05) is 45.3 Å². The summed E-state index contributed by atoms with van der Waals surface area (Å²) in [5, 5.41) is 15.4. The zero-order chi connectivity index (χ0) is 37.4. The van der Waals surface area contributed by atoms with E-state index in [4.69, 9.17) is 24.3 Å². The SMILES string of the molecule is CC(C)(C)OC(=O)N1[C@@H]2CC[C@H]1C[C@@H](c1cc(N(COCC[Si](C)(C)C)COCC[Si](C)(C)C)n3ncc(-c4ccc(C(C)(C)O)nc4)c3n1)C2. The van der Waals surface area contributed by atoms with Gasteiger partial charge in [0.15, 0.2) is 5.65 Å². The first-order chi connectivity index (χ1) is 23.7. The number of pyridine rings is 1. The first-order valence-electron chi connectivity index (χ1n) is 18.7. The molecule has 0 aromatic carbocycles. The molecule has 1 N–H and O–H groups in total. The molecule has 3 aromatic heterocycles. The number of carbonyl (C=O) groups excluding carboxylic acids is 1. The first kappa shape index (κ1) is 39.4. The van der Waals surface area contributed by atoms with Crippen LogP contribution in [0.2, 0.25) is 51.4 Å². The molecule has 11 nitrogen and oxygen atoms in total. The third-order valence-electron chi connectivity index (χ3n) is 9.74. The summed E-state index contributed by atoms with van der Waals surface area (Å²) in [4.78, 5) is 27.3. The number of anilines is 1. The number of piperidine rings is 1. The van der Waals surface area contributed by atoms with E-state index in [1.807, 2.05) is 48.5 Å². The van der Waals surface area contributed by atoms with Gasteiger partial charge in [-0.3, -0.25) is 4.98 Å². The summed E-state index contributed by atoms with van der Waals surface area (Å²) < 4.78 is 20.4. The number of hydrogen-bond acceptors (Lipinski definition) is 9. The maximum atomic E-state index is 13.3. The lowest BCUT2D eigenvalue weighted by Crippen LogP contribution is -2.48. The number of aliphatic hydroxyl groups is 1. The Hall–Kier alpha value is -2.85. The number of hydrogen-bond donors (Lipinski definition) is 1. The van der Waals surface area contributed by atoms with Crippen LogP contribution in [-0.4, -0.2) is 96.2 Å². The van der Waals surface area contributed by atoms with Gasteiger partial charge in [-0.2, -0.15) is 9.61 Å². The molecule has 51 heavy (non-hydrogen) atoms. The van der Waals surface area contributed by atoms with E-state index in [0.29, 0.717) is 32.4 Å². The predicted octanol–water partition coefficient (Wildman–Crippen LogP) is 8.10. The molecule has 2 saturated heterocycles. The maximum Gasteiger partial charge on any atom is 0.410 e. The lowest BCUT2D eigenvalue weighted by atomic mass is 9.88. The Balaban J connectivity index is 1.53. The van der Waals surface area contributed by atoms with Crippen molar-refractivity contribution in [2.75, 3.05) is 31.6 Å². The molecule has 0 radical (unpaired) electrons. The summed E-state index contributed by atoms with van der Waals surface area (Å²) in [5.74, 6) is 1.02. The highest BCUT2D eigenvalue weighted by molar-refractivity contribution is 6.76. The fraction of sp³-hybridized carbons (Fsp3) is 0.684. The van der Waals surface area contributed by atoms with Gasteiger partial charge in [0, 0.05) is 76.4 Å². The van der Waals surface area contributed by atoms with Crippen LogP contribution in [0.25, 0.3) is 16.8 Å². The number of amides is 1. The van der Waals surface area contributed by atoms with E-state index in [2.05, 4.69) is 55.2 Å². The molecule has 5 heterocycles. The van der Waals surface area contributed by atoms with Crippen LogP contribution in [0, 0.1) is 0 Å². The second kappa shape index (κ2) is 15.3. The quantitative estimate of drug-likeness (QED) is 0.0996. The standard InChI is InChI=1S/C38H62N6O5Si2/c1-37(2,3)49-36(45)43-29-13-14-30(43)21-28(20-29)32-22-34(42(25-47-16-18-50(6,7)8)26-48-17-19-51(9,10)11)44-35(41-32)31(24-40-44)27-12-15-33(39-23-27)38(4,5)46/h12,15,22-24,28-30,46H,13-14,16-21,25-26H2,1-11H3/t28-,29+,30-. The van der Waals surface area contributed by atoms with Crippen molar-refractivity contribution in [2.24, 2.45) is 0 Å².